The number of carbonyl (C=O) groups is 2. The minimum atomic E-state index is -0.395. The van der Waals surface area contributed by atoms with E-state index in [4.69, 9.17) is 8.83 Å². The number of benzene rings is 1. The second-order valence-electron chi connectivity index (χ2n) is 4.90. The first-order valence-corrected chi connectivity index (χ1v) is 7.88. The molecule has 0 radical (unpaired) electrons. The number of nitrogens with one attached hydrogen (secondary N) is 2. The summed E-state index contributed by atoms with van der Waals surface area (Å²) in [6.45, 7) is 0.294. The molecule has 122 valence electrons. The molecule has 2 amide bonds. The predicted octanol–water partition coefficient (Wildman–Crippen LogP) is 3.82. The van der Waals surface area contributed by atoms with Crippen molar-refractivity contribution in [3.63, 3.8) is 0 Å². The molecule has 3 aromatic rings. The highest BCUT2D eigenvalue weighted by Gasteiger charge is 2.12. The second kappa shape index (κ2) is 7.18. The highest BCUT2D eigenvalue weighted by Crippen LogP contribution is 2.17. The number of carbonyl (C=O) groups excluding carboxylic acids is 2. The summed E-state index contributed by atoms with van der Waals surface area (Å²) in [5.41, 5.74) is 0.929. The lowest BCUT2D eigenvalue weighted by molar-refractivity contribution is 0.0946. The van der Waals surface area contributed by atoms with Gasteiger partial charge in [0.05, 0.1) is 12.8 Å². The maximum absolute atomic E-state index is 12.2. The third kappa shape index (κ3) is 3.94. The molecule has 0 aliphatic rings. The molecule has 0 aliphatic carbocycles. The Hall–Kier alpha value is -2.80. The molecular formula is C17H13BrN2O4. The van der Waals surface area contributed by atoms with Crippen LogP contribution in [0.15, 0.2) is 68.3 Å². The van der Waals surface area contributed by atoms with Gasteiger partial charge in [-0.05, 0) is 58.4 Å². The van der Waals surface area contributed by atoms with Crippen LogP contribution in [0.5, 0.6) is 0 Å². The highest BCUT2D eigenvalue weighted by atomic mass is 79.9. The van der Waals surface area contributed by atoms with Gasteiger partial charge < -0.3 is 19.5 Å². The average molecular weight is 389 g/mol. The molecule has 0 spiro atoms. The van der Waals surface area contributed by atoms with Crippen LogP contribution in [0.25, 0.3) is 0 Å². The van der Waals surface area contributed by atoms with Crippen LogP contribution in [0.4, 0.5) is 5.69 Å². The van der Waals surface area contributed by atoms with Crippen molar-refractivity contribution in [3.05, 3.63) is 76.5 Å². The molecule has 0 bridgehead atoms. The summed E-state index contributed by atoms with van der Waals surface area (Å²) < 4.78 is 10.8. The number of rotatable bonds is 5. The van der Waals surface area contributed by atoms with Crippen LogP contribution in [-0.4, -0.2) is 11.8 Å². The Morgan fingerprint density at radius 2 is 1.92 bits per heavy atom. The molecule has 6 nitrogen and oxygen atoms in total. The van der Waals surface area contributed by atoms with E-state index < -0.39 is 5.91 Å². The smallest absolute Gasteiger partial charge is 0.291 e. The van der Waals surface area contributed by atoms with Crippen molar-refractivity contribution in [3.8, 4) is 0 Å². The van der Waals surface area contributed by atoms with E-state index in [0.29, 0.717) is 28.2 Å². The normalized spacial score (nSPS) is 10.4. The largest absolute Gasteiger partial charge is 0.467 e. The topological polar surface area (TPSA) is 84.5 Å². The Balaban J connectivity index is 1.65. The minimum absolute atomic E-state index is 0.176. The van der Waals surface area contributed by atoms with E-state index >= 15 is 0 Å². The van der Waals surface area contributed by atoms with Crippen molar-refractivity contribution in [2.45, 2.75) is 6.54 Å². The van der Waals surface area contributed by atoms with Gasteiger partial charge in [0.1, 0.15) is 5.76 Å². The van der Waals surface area contributed by atoms with Crippen LogP contribution in [-0.2, 0) is 6.54 Å². The van der Waals surface area contributed by atoms with E-state index in [1.165, 1.54) is 0 Å². The van der Waals surface area contributed by atoms with Crippen molar-refractivity contribution in [1.82, 2.24) is 5.32 Å². The lowest BCUT2D eigenvalue weighted by Gasteiger charge is -2.07. The van der Waals surface area contributed by atoms with Gasteiger partial charge in [0.25, 0.3) is 11.8 Å². The Bertz CT molecular complexity index is 855. The van der Waals surface area contributed by atoms with Crippen LogP contribution >= 0.6 is 15.9 Å². The van der Waals surface area contributed by atoms with E-state index in [1.807, 2.05) is 0 Å². The maximum atomic E-state index is 12.2. The lowest BCUT2D eigenvalue weighted by Crippen LogP contribution is -2.22. The van der Waals surface area contributed by atoms with Crippen molar-refractivity contribution >= 4 is 33.4 Å². The number of anilines is 1. The molecule has 2 aromatic heterocycles. The molecule has 0 saturated carbocycles. The third-order valence-corrected chi connectivity index (χ3v) is 3.61. The predicted molar refractivity (Wildman–Crippen MR) is 90.7 cm³/mol. The molecule has 0 saturated heterocycles. The fourth-order valence-corrected chi connectivity index (χ4v) is 2.36. The Kier molecular flexibility index (Phi) is 4.81. The van der Waals surface area contributed by atoms with Crippen LogP contribution in [0.3, 0.4) is 0 Å². The van der Waals surface area contributed by atoms with Crippen LogP contribution in [0.2, 0.25) is 0 Å². The number of hydrogen-bond acceptors (Lipinski definition) is 4. The van der Waals surface area contributed by atoms with E-state index in [-0.39, 0.29) is 11.7 Å². The third-order valence-electron chi connectivity index (χ3n) is 3.18. The first-order chi connectivity index (χ1) is 11.6. The summed E-state index contributed by atoms with van der Waals surface area (Å²) in [7, 11) is 0. The van der Waals surface area contributed by atoms with Gasteiger partial charge in [0.15, 0.2) is 10.4 Å². The summed E-state index contributed by atoms with van der Waals surface area (Å²) in [5, 5.41) is 5.43. The average Bonchev–Trinajstić information content (AvgIpc) is 3.24. The fraction of sp³-hybridized carbons (Fsp3) is 0.0588. The lowest BCUT2D eigenvalue weighted by atomic mass is 10.2. The summed E-state index contributed by atoms with van der Waals surface area (Å²) in [4.78, 5) is 24.2. The zero-order valence-electron chi connectivity index (χ0n) is 12.4. The van der Waals surface area contributed by atoms with Crippen molar-refractivity contribution in [2.75, 3.05) is 5.32 Å². The minimum Gasteiger partial charge on any atom is -0.467 e. The van der Waals surface area contributed by atoms with Gasteiger partial charge >= 0.3 is 0 Å². The monoisotopic (exact) mass is 388 g/mol. The summed E-state index contributed by atoms with van der Waals surface area (Å²) in [5.74, 6) is 0.183. The first-order valence-electron chi connectivity index (χ1n) is 7.09. The van der Waals surface area contributed by atoms with Crippen LogP contribution in [0.1, 0.15) is 26.7 Å². The van der Waals surface area contributed by atoms with Gasteiger partial charge in [0.2, 0.25) is 0 Å². The highest BCUT2D eigenvalue weighted by molar-refractivity contribution is 9.10. The molecule has 24 heavy (non-hydrogen) atoms. The Morgan fingerprint density at radius 3 is 2.62 bits per heavy atom. The maximum Gasteiger partial charge on any atom is 0.291 e. The quantitative estimate of drug-likeness (QED) is 0.695. The number of amides is 2. The number of hydrogen-bond donors (Lipinski definition) is 2. The molecule has 1 aromatic carbocycles. The zero-order valence-corrected chi connectivity index (χ0v) is 14.0. The molecule has 0 aliphatic heterocycles. The van der Waals surface area contributed by atoms with Gasteiger partial charge in [-0.25, -0.2) is 0 Å². The summed E-state index contributed by atoms with van der Waals surface area (Å²) >= 11 is 3.14. The molecule has 0 atom stereocenters. The van der Waals surface area contributed by atoms with Gasteiger partial charge in [0, 0.05) is 11.3 Å². The van der Waals surface area contributed by atoms with Gasteiger partial charge in [-0.3, -0.25) is 9.59 Å². The van der Waals surface area contributed by atoms with Crippen molar-refractivity contribution in [1.29, 1.82) is 0 Å². The molecule has 2 N–H and O–H groups in total. The van der Waals surface area contributed by atoms with Crippen LogP contribution < -0.4 is 10.6 Å². The van der Waals surface area contributed by atoms with Crippen molar-refractivity contribution in [2.24, 2.45) is 0 Å². The molecule has 2 heterocycles. The van der Waals surface area contributed by atoms with E-state index in [0.717, 1.165) is 0 Å². The Labute approximate surface area is 146 Å². The van der Waals surface area contributed by atoms with Gasteiger partial charge in [-0.1, -0.05) is 6.07 Å². The van der Waals surface area contributed by atoms with Crippen LogP contribution in [0, 0.1) is 0 Å². The number of halogens is 1. The molecular weight excluding hydrogens is 376 g/mol. The fourth-order valence-electron chi connectivity index (χ4n) is 2.05. The van der Waals surface area contributed by atoms with Gasteiger partial charge in [-0.15, -0.1) is 0 Å². The zero-order chi connectivity index (χ0) is 16.9. The van der Waals surface area contributed by atoms with Crippen molar-refractivity contribution < 1.29 is 18.4 Å². The number of furan rings is 2. The van der Waals surface area contributed by atoms with E-state index in [2.05, 4.69) is 26.6 Å². The summed E-state index contributed by atoms with van der Waals surface area (Å²) in [6, 6.07) is 13.4. The second-order valence-corrected chi connectivity index (χ2v) is 5.68. The van der Waals surface area contributed by atoms with Gasteiger partial charge in [-0.2, -0.15) is 0 Å². The molecule has 7 heteroatoms. The van der Waals surface area contributed by atoms with E-state index in [9.17, 15) is 9.59 Å². The summed E-state index contributed by atoms with van der Waals surface area (Å²) in [6.07, 6.45) is 1.55. The molecule has 0 fully saturated rings. The first kappa shape index (κ1) is 16.1. The molecule has 3 rings (SSSR count). The van der Waals surface area contributed by atoms with E-state index in [1.54, 1.807) is 54.8 Å². The standard InChI is InChI=1S/C17H13BrN2O4/c18-15-7-6-14(24-15)17(22)20-12-4-1-3-11(9-12)16(21)19-10-13-5-2-8-23-13/h1-9H,10H2,(H,19,21)(H,20,22). The Morgan fingerprint density at radius 1 is 1.04 bits per heavy atom. The SMILES string of the molecule is O=C(NCc1ccco1)c1cccc(NC(=O)c2ccc(Br)o2)c1. The molecule has 0 unspecified atom stereocenters.